The molecule has 1 heterocycles. The van der Waals surface area contributed by atoms with E-state index in [9.17, 15) is 13.6 Å². The summed E-state index contributed by atoms with van der Waals surface area (Å²) >= 11 is 3.27. The summed E-state index contributed by atoms with van der Waals surface area (Å²) in [7, 11) is 1.78. The van der Waals surface area contributed by atoms with Crippen LogP contribution in [0, 0.1) is 18.6 Å². The van der Waals surface area contributed by atoms with Crippen LogP contribution < -0.4 is 15.6 Å². The molecule has 146 valence electrons. The number of halogens is 3. The summed E-state index contributed by atoms with van der Waals surface area (Å²) in [5.41, 5.74) is 1.86. The number of hydrogen-bond donors (Lipinski definition) is 1. The van der Waals surface area contributed by atoms with E-state index in [1.807, 2.05) is 0 Å². The lowest BCUT2D eigenvalue weighted by molar-refractivity contribution is 0.301. The molecule has 1 N–H and O–H groups in total. The van der Waals surface area contributed by atoms with Crippen LogP contribution >= 0.6 is 15.9 Å². The minimum absolute atomic E-state index is 0.165. The summed E-state index contributed by atoms with van der Waals surface area (Å²) in [5.74, 6) is -0.468. The van der Waals surface area contributed by atoms with Crippen molar-refractivity contribution >= 4 is 15.9 Å². The highest BCUT2D eigenvalue weighted by Gasteiger charge is 2.16. The molecule has 0 saturated carbocycles. The molecule has 1 aromatic heterocycles. The largest absolute Gasteiger partial charge is 0.487 e. The van der Waals surface area contributed by atoms with Crippen LogP contribution in [0.15, 0.2) is 57.8 Å². The Morgan fingerprint density at radius 3 is 2.57 bits per heavy atom. The number of rotatable bonds is 6. The molecule has 28 heavy (non-hydrogen) atoms. The van der Waals surface area contributed by atoms with E-state index in [4.69, 9.17) is 4.74 Å². The van der Waals surface area contributed by atoms with Gasteiger partial charge < -0.3 is 10.1 Å². The Morgan fingerprint density at radius 2 is 1.86 bits per heavy atom. The first-order chi connectivity index (χ1) is 13.4. The van der Waals surface area contributed by atoms with Gasteiger partial charge in [-0.1, -0.05) is 18.2 Å². The topological polar surface area (TPSA) is 43.3 Å². The Morgan fingerprint density at radius 1 is 1.11 bits per heavy atom. The van der Waals surface area contributed by atoms with Crippen molar-refractivity contribution in [2.24, 2.45) is 0 Å². The van der Waals surface area contributed by atoms with Gasteiger partial charge in [-0.2, -0.15) is 0 Å². The van der Waals surface area contributed by atoms with Gasteiger partial charge in [-0.25, -0.2) is 8.78 Å². The second-order valence-corrected chi connectivity index (χ2v) is 7.08. The van der Waals surface area contributed by atoms with Crippen molar-refractivity contribution in [3.63, 3.8) is 0 Å². The van der Waals surface area contributed by atoms with E-state index in [1.54, 1.807) is 44.3 Å². The number of aryl methyl sites for hydroxylation is 1. The molecule has 0 aliphatic heterocycles. The maximum Gasteiger partial charge on any atom is 0.273 e. The van der Waals surface area contributed by atoms with Crippen molar-refractivity contribution in [2.45, 2.75) is 20.1 Å². The average molecular weight is 449 g/mol. The van der Waals surface area contributed by atoms with E-state index in [0.717, 1.165) is 11.1 Å². The zero-order chi connectivity index (χ0) is 20.3. The van der Waals surface area contributed by atoms with Crippen molar-refractivity contribution in [3.05, 3.63) is 91.8 Å². The summed E-state index contributed by atoms with van der Waals surface area (Å²) in [6.07, 6.45) is 0. The molecule has 3 aromatic rings. The summed E-state index contributed by atoms with van der Waals surface area (Å²) in [6.45, 7) is 2.36. The first-order valence-electron chi connectivity index (χ1n) is 8.64. The molecule has 4 nitrogen and oxygen atoms in total. The lowest BCUT2D eigenvalue weighted by atomic mass is 10.1. The van der Waals surface area contributed by atoms with Crippen LogP contribution in [-0.4, -0.2) is 11.6 Å². The van der Waals surface area contributed by atoms with E-state index < -0.39 is 11.4 Å². The molecule has 0 amide bonds. The number of nitrogens with one attached hydrogen (secondary N) is 1. The molecule has 0 aliphatic rings. The van der Waals surface area contributed by atoms with Crippen molar-refractivity contribution in [1.29, 1.82) is 0 Å². The molecule has 3 rings (SSSR count). The highest BCUT2D eigenvalue weighted by atomic mass is 79.9. The van der Waals surface area contributed by atoms with Crippen LogP contribution in [0.3, 0.4) is 0 Å². The molecule has 0 unspecified atom stereocenters. The quantitative estimate of drug-likeness (QED) is 0.604. The minimum atomic E-state index is -0.490. The fraction of sp³-hybridized carbons (Fsp3) is 0.190. The Balaban J connectivity index is 1.93. The fourth-order valence-electron chi connectivity index (χ4n) is 2.96. The van der Waals surface area contributed by atoms with Gasteiger partial charge in [0.25, 0.3) is 5.56 Å². The van der Waals surface area contributed by atoms with Gasteiger partial charge >= 0.3 is 0 Å². The van der Waals surface area contributed by atoms with Crippen molar-refractivity contribution < 1.29 is 13.5 Å². The maximum absolute atomic E-state index is 14.1. The summed E-state index contributed by atoms with van der Waals surface area (Å²) < 4.78 is 34.9. The Bertz CT molecular complexity index is 1070. The van der Waals surface area contributed by atoms with Crippen LogP contribution in [-0.2, 0) is 13.2 Å². The van der Waals surface area contributed by atoms with E-state index in [1.165, 1.54) is 22.8 Å². The average Bonchev–Trinajstić information content (AvgIpc) is 2.66. The SMILES string of the molecule is CNCc1cc(F)ccc1COc1cc(C)n(-c2ccccc2F)c(=O)c1Br. The van der Waals surface area contributed by atoms with Crippen molar-refractivity contribution in [3.8, 4) is 11.4 Å². The number of hydrogen-bond acceptors (Lipinski definition) is 3. The molecular weight excluding hydrogens is 430 g/mol. The lowest BCUT2D eigenvalue weighted by Gasteiger charge is -2.16. The molecule has 7 heteroatoms. The van der Waals surface area contributed by atoms with Crippen molar-refractivity contribution in [2.75, 3.05) is 7.05 Å². The van der Waals surface area contributed by atoms with Gasteiger partial charge in [0.2, 0.25) is 0 Å². The van der Waals surface area contributed by atoms with Crippen LogP contribution in [0.1, 0.15) is 16.8 Å². The number of ether oxygens (including phenoxy) is 1. The second-order valence-electron chi connectivity index (χ2n) is 6.29. The van der Waals surface area contributed by atoms with Gasteiger partial charge in [-0.05, 0) is 65.3 Å². The van der Waals surface area contributed by atoms with Gasteiger partial charge in [0, 0.05) is 18.3 Å². The Labute approximate surface area is 169 Å². The summed E-state index contributed by atoms with van der Waals surface area (Å²) in [5, 5.41) is 2.99. The van der Waals surface area contributed by atoms with Crippen LogP contribution in [0.25, 0.3) is 5.69 Å². The first kappa shape index (κ1) is 20.2. The highest BCUT2D eigenvalue weighted by Crippen LogP contribution is 2.26. The maximum atomic E-state index is 14.1. The zero-order valence-electron chi connectivity index (χ0n) is 15.4. The summed E-state index contributed by atoms with van der Waals surface area (Å²) in [6, 6.07) is 12.2. The van der Waals surface area contributed by atoms with E-state index in [-0.39, 0.29) is 22.6 Å². The number of nitrogens with zero attached hydrogens (tertiary/aromatic N) is 1. The first-order valence-corrected chi connectivity index (χ1v) is 9.43. The molecule has 0 aliphatic carbocycles. The third kappa shape index (κ3) is 4.15. The molecule has 2 aromatic carbocycles. The number of benzene rings is 2. The molecular formula is C21H19BrF2N2O2. The second kappa shape index (κ2) is 8.67. The standard InChI is InChI=1S/C21H19BrF2N2O2/c1-13-9-19(28-12-14-7-8-16(23)10-15(14)11-25-2)20(22)21(27)26(13)18-6-4-3-5-17(18)24/h3-10,25H,11-12H2,1-2H3. The Hall–Kier alpha value is -2.51. The molecule has 0 bridgehead atoms. The van der Waals surface area contributed by atoms with E-state index in [0.29, 0.717) is 18.0 Å². The van der Waals surface area contributed by atoms with Gasteiger partial charge in [0.05, 0.1) is 5.69 Å². The number of para-hydroxylation sites is 1. The molecule has 0 spiro atoms. The predicted molar refractivity (Wildman–Crippen MR) is 108 cm³/mol. The zero-order valence-corrected chi connectivity index (χ0v) is 17.0. The van der Waals surface area contributed by atoms with Gasteiger partial charge in [-0.15, -0.1) is 0 Å². The number of pyridine rings is 1. The minimum Gasteiger partial charge on any atom is -0.487 e. The third-order valence-electron chi connectivity index (χ3n) is 4.31. The Kier molecular flexibility index (Phi) is 6.26. The lowest BCUT2D eigenvalue weighted by Crippen LogP contribution is -2.23. The molecule has 0 saturated heterocycles. The number of aromatic nitrogens is 1. The van der Waals surface area contributed by atoms with Gasteiger partial charge in [-0.3, -0.25) is 9.36 Å². The van der Waals surface area contributed by atoms with Crippen LogP contribution in [0.5, 0.6) is 5.75 Å². The van der Waals surface area contributed by atoms with Gasteiger partial charge in [0.15, 0.2) is 0 Å². The molecule has 0 fully saturated rings. The molecule has 0 atom stereocenters. The van der Waals surface area contributed by atoms with Gasteiger partial charge in [0.1, 0.15) is 28.5 Å². The van der Waals surface area contributed by atoms with Crippen LogP contribution in [0.4, 0.5) is 8.78 Å². The third-order valence-corrected chi connectivity index (χ3v) is 5.04. The normalized spacial score (nSPS) is 10.9. The van der Waals surface area contributed by atoms with E-state index >= 15 is 0 Å². The van der Waals surface area contributed by atoms with E-state index in [2.05, 4.69) is 21.2 Å². The van der Waals surface area contributed by atoms with Crippen LogP contribution in [0.2, 0.25) is 0 Å². The smallest absolute Gasteiger partial charge is 0.273 e. The van der Waals surface area contributed by atoms with Crippen molar-refractivity contribution in [1.82, 2.24) is 9.88 Å². The fourth-order valence-corrected chi connectivity index (χ4v) is 3.37. The predicted octanol–water partition coefficient (Wildman–Crippen LogP) is 4.49. The summed E-state index contributed by atoms with van der Waals surface area (Å²) in [4.78, 5) is 12.8. The highest BCUT2D eigenvalue weighted by molar-refractivity contribution is 9.10. The molecule has 0 radical (unpaired) electrons. The monoisotopic (exact) mass is 448 g/mol.